The molecule has 0 heterocycles. The minimum absolute atomic E-state index is 0.0379. The van der Waals surface area contributed by atoms with Crippen LogP contribution < -0.4 is 19.7 Å². The van der Waals surface area contributed by atoms with Gasteiger partial charge in [0.25, 0.3) is 0 Å². The number of carbonyl (C=O) groups excluding carboxylic acids is 1. The molecule has 0 aliphatic rings. The van der Waals surface area contributed by atoms with Gasteiger partial charge in [0.2, 0.25) is 5.91 Å². The van der Waals surface area contributed by atoms with Gasteiger partial charge in [-0.05, 0) is 31.5 Å². The molecule has 0 aromatic heterocycles. The summed E-state index contributed by atoms with van der Waals surface area (Å²) < 4.78 is 10.5. The summed E-state index contributed by atoms with van der Waals surface area (Å²) in [6.07, 6.45) is 0. The van der Waals surface area contributed by atoms with Crippen molar-refractivity contribution in [1.82, 2.24) is 0 Å². The lowest BCUT2D eigenvalue weighted by atomic mass is 10.2. The molecule has 0 spiro atoms. The number of hydrogen-bond acceptors (Lipinski definition) is 4. The van der Waals surface area contributed by atoms with E-state index in [9.17, 15) is 4.79 Å². The fraction of sp³-hybridized carbons (Fsp3) is 0.316. The van der Waals surface area contributed by atoms with Gasteiger partial charge in [-0.1, -0.05) is 23.7 Å². The van der Waals surface area contributed by atoms with Crippen LogP contribution in [0, 0.1) is 6.92 Å². The standard InChI is InChI=1S/C19H23ClN2O3/c1-5-22(14-8-6-7-13(2)9-14)19(23)12-21-16-11-17(24-3)15(20)10-18(16)25-4/h6-11,21H,5,12H2,1-4H3. The van der Waals surface area contributed by atoms with Crippen LogP contribution in [0.2, 0.25) is 5.02 Å². The van der Waals surface area contributed by atoms with E-state index in [4.69, 9.17) is 21.1 Å². The molecule has 134 valence electrons. The highest BCUT2D eigenvalue weighted by molar-refractivity contribution is 6.32. The number of ether oxygens (including phenoxy) is 2. The number of methoxy groups -OCH3 is 2. The van der Waals surface area contributed by atoms with Crippen LogP contribution in [0.1, 0.15) is 12.5 Å². The monoisotopic (exact) mass is 362 g/mol. The first-order valence-electron chi connectivity index (χ1n) is 8.02. The summed E-state index contributed by atoms with van der Waals surface area (Å²) in [7, 11) is 3.09. The van der Waals surface area contributed by atoms with Crippen LogP contribution in [-0.2, 0) is 4.79 Å². The molecular formula is C19H23ClN2O3. The number of nitrogens with one attached hydrogen (secondary N) is 1. The lowest BCUT2D eigenvalue weighted by molar-refractivity contribution is -0.116. The maximum absolute atomic E-state index is 12.6. The van der Waals surface area contributed by atoms with Gasteiger partial charge in [-0.3, -0.25) is 4.79 Å². The number of rotatable bonds is 7. The second-order valence-corrected chi connectivity index (χ2v) is 5.92. The van der Waals surface area contributed by atoms with Crippen LogP contribution >= 0.6 is 11.6 Å². The van der Waals surface area contributed by atoms with E-state index in [-0.39, 0.29) is 12.5 Å². The van der Waals surface area contributed by atoms with Crippen LogP contribution in [0.25, 0.3) is 0 Å². The molecule has 0 atom stereocenters. The van der Waals surface area contributed by atoms with Crippen LogP contribution in [0.5, 0.6) is 11.5 Å². The number of aryl methyl sites for hydroxylation is 1. The van der Waals surface area contributed by atoms with Gasteiger partial charge in [-0.15, -0.1) is 0 Å². The summed E-state index contributed by atoms with van der Waals surface area (Å²) in [6, 6.07) is 11.3. The Hall–Kier alpha value is -2.40. The predicted octanol–water partition coefficient (Wildman–Crippen LogP) is 4.13. The van der Waals surface area contributed by atoms with E-state index in [2.05, 4.69) is 5.32 Å². The molecule has 0 saturated heterocycles. The minimum Gasteiger partial charge on any atom is -0.495 e. The number of benzene rings is 2. The zero-order valence-corrected chi connectivity index (χ0v) is 15.7. The minimum atomic E-state index is -0.0379. The first-order chi connectivity index (χ1) is 12.0. The summed E-state index contributed by atoms with van der Waals surface area (Å²) in [6.45, 7) is 4.67. The lowest BCUT2D eigenvalue weighted by Crippen LogP contribution is -2.35. The molecule has 0 saturated carbocycles. The average molecular weight is 363 g/mol. The van der Waals surface area contributed by atoms with Crippen LogP contribution in [0.15, 0.2) is 36.4 Å². The molecule has 25 heavy (non-hydrogen) atoms. The van der Waals surface area contributed by atoms with Gasteiger partial charge in [0.15, 0.2) is 0 Å². The average Bonchev–Trinajstić information content (AvgIpc) is 2.61. The second-order valence-electron chi connectivity index (χ2n) is 5.52. The highest BCUT2D eigenvalue weighted by atomic mass is 35.5. The SMILES string of the molecule is CCN(C(=O)CNc1cc(OC)c(Cl)cc1OC)c1cccc(C)c1. The molecular weight excluding hydrogens is 340 g/mol. The Kier molecular flexibility index (Phi) is 6.53. The van der Waals surface area contributed by atoms with E-state index in [0.29, 0.717) is 28.8 Å². The maximum atomic E-state index is 12.6. The van der Waals surface area contributed by atoms with Crippen molar-refractivity contribution in [3.8, 4) is 11.5 Å². The van der Waals surface area contributed by atoms with Crippen molar-refractivity contribution in [3.05, 3.63) is 47.0 Å². The third-order valence-electron chi connectivity index (χ3n) is 3.83. The van der Waals surface area contributed by atoms with Crippen LogP contribution in [0.4, 0.5) is 11.4 Å². The first kappa shape index (κ1) is 18.9. The van der Waals surface area contributed by atoms with Gasteiger partial charge in [-0.25, -0.2) is 0 Å². The number of halogens is 1. The Balaban J connectivity index is 2.15. The van der Waals surface area contributed by atoms with Crippen molar-refractivity contribution < 1.29 is 14.3 Å². The van der Waals surface area contributed by atoms with Gasteiger partial charge in [0, 0.05) is 24.4 Å². The Labute approximate surface area is 153 Å². The van der Waals surface area contributed by atoms with E-state index >= 15 is 0 Å². The quantitative estimate of drug-likeness (QED) is 0.804. The third kappa shape index (κ3) is 4.57. The first-order valence-corrected chi connectivity index (χ1v) is 8.40. The highest BCUT2D eigenvalue weighted by Gasteiger charge is 2.16. The molecule has 2 aromatic rings. The molecule has 6 heteroatoms. The van der Waals surface area contributed by atoms with Crippen molar-refractivity contribution in [2.75, 3.05) is 37.5 Å². The molecule has 1 amide bonds. The molecule has 0 aliphatic heterocycles. The molecule has 2 aromatic carbocycles. The summed E-state index contributed by atoms with van der Waals surface area (Å²) in [5.41, 5.74) is 2.65. The largest absolute Gasteiger partial charge is 0.495 e. The molecule has 5 nitrogen and oxygen atoms in total. The molecule has 0 bridgehead atoms. The van der Waals surface area contributed by atoms with Gasteiger partial charge in [-0.2, -0.15) is 0 Å². The second kappa shape index (κ2) is 8.62. The van der Waals surface area contributed by atoms with Crippen molar-refractivity contribution >= 4 is 28.9 Å². The van der Waals surface area contributed by atoms with E-state index in [1.807, 2.05) is 38.1 Å². The van der Waals surface area contributed by atoms with Gasteiger partial charge >= 0.3 is 0 Å². The van der Waals surface area contributed by atoms with Crippen LogP contribution in [-0.4, -0.2) is 33.2 Å². The molecule has 1 N–H and O–H groups in total. The Morgan fingerprint density at radius 3 is 2.48 bits per heavy atom. The van der Waals surface area contributed by atoms with Crippen LogP contribution in [0.3, 0.4) is 0 Å². The zero-order valence-electron chi connectivity index (χ0n) is 14.9. The van der Waals surface area contributed by atoms with Gasteiger partial charge in [0.1, 0.15) is 11.5 Å². The number of anilines is 2. The van der Waals surface area contributed by atoms with Gasteiger partial charge < -0.3 is 19.7 Å². The lowest BCUT2D eigenvalue weighted by Gasteiger charge is -2.22. The number of likely N-dealkylation sites (N-methyl/N-ethyl adjacent to an activating group) is 1. The van der Waals surface area contributed by atoms with Crippen molar-refractivity contribution in [1.29, 1.82) is 0 Å². The summed E-state index contributed by atoms with van der Waals surface area (Å²) in [5.74, 6) is 1.03. The normalized spacial score (nSPS) is 10.3. The smallest absolute Gasteiger partial charge is 0.246 e. The van der Waals surface area contributed by atoms with Gasteiger partial charge in [0.05, 0.1) is 31.5 Å². The number of carbonyl (C=O) groups is 1. The van der Waals surface area contributed by atoms with Crippen molar-refractivity contribution in [2.24, 2.45) is 0 Å². The van der Waals surface area contributed by atoms with Crippen molar-refractivity contribution in [3.63, 3.8) is 0 Å². The summed E-state index contributed by atoms with van der Waals surface area (Å²) in [4.78, 5) is 14.4. The summed E-state index contributed by atoms with van der Waals surface area (Å²) >= 11 is 6.10. The number of hydrogen-bond donors (Lipinski definition) is 1. The summed E-state index contributed by atoms with van der Waals surface area (Å²) in [5, 5.41) is 3.56. The zero-order chi connectivity index (χ0) is 18.4. The van der Waals surface area contributed by atoms with E-state index in [0.717, 1.165) is 11.3 Å². The molecule has 0 aliphatic carbocycles. The molecule has 0 unspecified atom stereocenters. The fourth-order valence-electron chi connectivity index (χ4n) is 2.56. The maximum Gasteiger partial charge on any atom is 0.246 e. The fourth-order valence-corrected chi connectivity index (χ4v) is 2.79. The molecule has 2 rings (SSSR count). The van der Waals surface area contributed by atoms with E-state index in [1.54, 1.807) is 31.3 Å². The third-order valence-corrected chi connectivity index (χ3v) is 4.13. The van der Waals surface area contributed by atoms with Crippen molar-refractivity contribution in [2.45, 2.75) is 13.8 Å². The highest BCUT2D eigenvalue weighted by Crippen LogP contribution is 2.35. The topological polar surface area (TPSA) is 50.8 Å². The Morgan fingerprint density at radius 2 is 1.88 bits per heavy atom. The Bertz CT molecular complexity index is 749. The van der Waals surface area contributed by atoms with E-state index < -0.39 is 0 Å². The predicted molar refractivity (Wildman–Crippen MR) is 102 cm³/mol. The molecule has 0 radical (unpaired) electrons. The Morgan fingerprint density at radius 1 is 1.16 bits per heavy atom. The van der Waals surface area contributed by atoms with E-state index in [1.165, 1.54) is 0 Å². The molecule has 0 fully saturated rings. The number of nitrogens with zero attached hydrogens (tertiary/aromatic N) is 1. The number of amides is 1.